The van der Waals surface area contributed by atoms with Crippen molar-refractivity contribution in [1.82, 2.24) is 0 Å². The number of hydrogen-bond donors (Lipinski definition) is 2. The third-order valence-corrected chi connectivity index (χ3v) is 12.0. The van der Waals surface area contributed by atoms with E-state index in [0.29, 0.717) is 22.3 Å². The third kappa shape index (κ3) is 8.14. The largest absolute Gasteiger partial charge is 0.744 e. The SMILES string of the molecule is Cc1cc([N+](=O)[O-])c(C(=C2C=CC(=[NH+]c3c(C)cc(C)c(C)c3C)C(C(C)C)=C2)c2ccc(Nc3c(C)cc(C)c(C)c3C)c(C(C)C)c2)c(S(=O)(=O)[O-])c1. The minimum atomic E-state index is -5.16. The van der Waals surface area contributed by atoms with Gasteiger partial charge in [0.1, 0.15) is 10.1 Å². The quantitative estimate of drug-likeness (QED) is 0.0994. The molecule has 0 atom stereocenters. The second-order valence-corrected chi connectivity index (χ2v) is 17.0. The van der Waals surface area contributed by atoms with E-state index in [1.165, 1.54) is 34.4 Å². The molecule has 0 saturated carbocycles. The number of allylic oxidation sites excluding steroid dienone is 5. The molecule has 0 amide bonds. The van der Waals surface area contributed by atoms with Crippen molar-refractivity contribution in [3.8, 4) is 0 Å². The van der Waals surface area contributed by atoms with Crippen molar-refractivity contribution in [2.75, 3.05) is 5.32 Å². The lowest BCUT2D eigenvalue weighted by molar-refractivity contribution is -0.385. The van der Waals surface area contributed by atoms with Gasteiger partial charge >= 0.3 is 0 Å². The summed E-state index contributed by atoms with van der Waals surface area (Å²) < 4.78 is 39.1. The summed E-state index contributed by atoms with van der Waals surface area (Å²) in [6.07, 6.45) is 5.75. The highest BCUT2D eigenvalue weighted by Gasteiger charge is 2.30. The van der Waals surface area contributed by atoms with Crippen LogP contribution in [0.2, 0.25) is 0 Å². The highest BCUT2D eigenvalue weighted by molar-refractivity contribution is 7.85. The smallest absolute Gasteiger partial charge is 0.278 e. The molecule has 1 aliphatic rings. The van der Waals surface area contributed by atoms with Crippen LogP contribution in [0.4, 0.5) is 22.7 Å². The number of benzene rings is 4. The molecular weight excluding hydrogens is 707 g/mol. The lowest BCUT2D eigenvalue weighted by Gasteiger charge is -2.24. The molecule has 4 aromatic carbocycles. The minimum Gasteiger partial charge on any atom is -0.744 e. The third-order valence-electron chi connectivity index (χ3n) is 11.1. The van der Waals surface area contributed by atoms with Gasteiger partial charge in [0.2, 0.25) is 11.4 Å². The molecular formula is C46H53N3O5S. The molecule has 0 bridgehead atoms. The van der Waals surface area contributed by atoms with Crippen LogP contribution in [-0.2, 0) is 10.1 Å². The predicted octanol–water partition coefficient (Wildman–Crippen LogP) is 9.95. The van der Waals surface area contributed by atoms with Gasteiger partial charge in [0, 0.05) is 45.8 Å². The first-order valence-electron chi connectivity index (χ1n) is 18.7. The highest BCUT2D eigenvalue weighted by atomic mass is 32.2. The average molecular weight is 760 g/mol. The molecule has 0 aromatic heterocycles. The van der Waals surface area contributed by atoms with Crippen LogP contribution in [0.15, 0.2) is 76.7 Å². The Morgan fingerprint density at radius 2 is 1.36 bits per heavy atom. The van der Waals surface area contributed by atoms with E-state index < -0.39 is 25.6 Å². The Labute approximate surface area is 326 Å². The Kier molecular flexibility index (Phi) is 11.6. The fourth-order valence-corrected chi connectivity index (χ4v) is 8.41. The fraction of sp³-hybridized carbons (Fsp3) is 0.326. The van der Waals surface area contributed by atoms with E-state index in [9.17, 15) is 23.1 Å². The second kappa shape index (κ2) is 15.6. The monoisotopic (exact) mass is 759 g/mol. The summed E-state index contributed by atoms with van der Waals surface area (Å²) >= 11 is 0. The maximum atomic E-state index is 13.0. The number of nitrogens with zero attached hydrogens (tertiary/aromatic N) is 1. The Morgan fingerprint density at radius 3 is 1.95 bits per heavy atom. The number of nitro benzene ring substituents is 1. The van der Waals surface area contributed by atoms with Crippen LogP contribution in [0.1, 0.15) is 100 Å². The van der Waals surface area contributed by atoms with E-state index in [1.807, 2.05) is 36.4 Å². The molecule has 0 spiro atoms. The number of nitro groups is 1. The molecule has 0 saturated heterocycles. The molecule has 0 unspecified atom stereocenters. The summed E-state index contributed by atoms with van der Waals surface area (Å²) in [7, 11) is -5.16. The van der Waals surface area contributed by atoms with Crippen molar-refractivity contribution >= 4 is 44.2 Å². The van der Waals surface area contributed by atoms with Crippen LogP contribution in [0.3, 0.4) is 0 Å². The van der Waals surface area contributed by atoms with Crippen LogP contribution in [0, 0.1) is 78.3 Å². The van der Waals surface area contributed by atoms with Crippen molar-refractivity contribution in [3.63, 3.8) is 0 Å². The summed E-state index contributed by atoms with van der Waals surface area (Å²) in [6, 6.07) is 12.6. The summed E-state index contributed by atoms with van der Waals surface area (Å²) in [5.41, 5.74) is 15.9. The van der Waals surface area contributed by atoms with Crippen LogP contribution in [0.25, 0.3) is 5.57 Å². The Balaban J connectivity index is 1.87. The highest BCUT2D eigenvalue weighted by Crippen LogP contribution is 2.43. The summed E-state index contributed by atoms with van der Waals surface area (Å²) in [5.74, 6) is 0.0163. The standard InChI is InChI=1S/C46H53N3O5S/c1-24(2)37-22-35(14-16-39(37)47-45-29(8)20-27(6)31(10)33(45)12)43(44-41(49(50)51)18-26(5)19-42(44)55(52,53)54)36-15-17-40(38(23-36)25(3)4)48-46-30(9)21-28(7)32(11)34(46)13/h14-25,47H,1-13H3,(H,52,53,54). The van der Waals surface area contributed by atoms with E-state index >= 15 is 0 Å². The zero-order chi connectivity index (χ0) is 40.8. The van der Waals surface area contributed by atoms with Crippen LogP contribution in [-0.4, -0.2) is 23.6 Å². The van der Waals surface area contributed by atoms with Crippen molar-refractivity contribution in [1.29, 1.82) is 0 Å². The molecule has 0 aliphatic heterocycles. The minimum absolute atomic E-state index is 0.00817. The van der Waals surface area contributed by atoms with Gasteiger partial charge in [-0.15, -0.1) is 0 Å². The maximum absolute atomic E-state index is 13.0. The lowest BCUT2D eigenvalue weighted by atomic mass is 9.84. The fourth-order valence-electron chi connectivity index (χ4n) is 7.62. The van der Waals surface area contributed by atoms with Crippen molar-refractivity contribution in [2.45, 2.75) is 101 Å². The van der Waals surface area contributed by atoms with Crippen LogP contribution >= 0.6 is 0 Å². The Morgan fingerprint density at radius 1 is 0.745 bits per heavy atom. The molecule has 2 N–H and O–H groups in total. The van der Waals surface area contributed by atoms with E-state index in [1.54, 1.807) is 6.92 Å². The van der Waals surface area contributed by atoms with Gasteiger partial charge in [-0.2, -0.15) is 0 Å². The summed E-state index contributed by atoms with van der Waals surface area (Å²) in [4.78, 5) is 15.2. The number of rotatable bonds is 9. The van der Waals surface area contributed by atoms with Gasteiger partial charge in [-0.1, -0.05) is 39.8 Å². The van der Waals surface area contributed by atoms with E-state index in [2.05, 4.69) is 106 Å². The van der Waals surface area contributed by atoms with Gasteiger partial charge in [0.25, 0.3) is 5.69 Å². The van der Waals surface area contributed by atoms with E-state index in [0.717, 1.165) is 56.2 Å². The topological polar surface area (TPSA) is 126 Å². The molecule has 5 rings (SSSR count). The maximum Gasteiger partial charge on any atom is 0.278 e. The van der Waals surface area contributed by atoms with Crippen LogP contribution in [0.5, 0.6) is 0 Å². The molecule has 288 valence electrons. The van der Waals surface area contributed by atoms with Gasteiger partial charge < -0.3 is 9.87 Å². The molecule has 4 aromatic rings. The number of aryl methyl sites for hydroxylation is 5. The summed E-state index contributed by atoms with van der Waals surface area (Å²) in [6.45, 7) is 26.6. The lowest BCUT2D eigenvalue weighted by Crippen LogP contribution is -2.67. The number of anilines is 2. The zero-order valence-electron chi connectivity index (χ0n) is 34.3. The molecule has 1 aliphatic carbocycles. The molecule has 8 nitrogen and oxygen atoms in total. The summed E-state index contributed by atoms with van der Waals surface area (Å²) in [5, 5.41) is 16.5. The average Bonchev–Trinajstić information content (AvgIpc) is 3.10. The normalized spacial score (nSPS) is 14.9. The Hall–Kier alpha value is -5.12. The van der Waals surface area contributed by atoms with Crippen molar-refractivity contribution in [3.05, 3.63) is 149 Å². The molecule has 0 fully saturated rings. The van der Waals surface area contributed by atoms with Gasteiger partial charge in [0.05, 0.1) is 15.4 Å². The van der Waals surface area contributed by atoms with E-state index in [4.69, 9.17) is 0 Å². The van der Waals surface area contributed by atoms with Crippen molar-refractivity contribution in [2.24, 2.45) is 5.92 Å². The second-order valence-electron chi connectivity index (χ2n) is 15.7. The van der Waals surface area contributed by atoms with E-state index in [-0.39, 0.29) is 17.4 Å². The van der Waals surface area contributed by atoms with Gasteiger partial charge in [0.15, 0.2) is 0 Å². The number of hydrogen-bond acceptors (Lipinski definition) is 6. The molecule has 0 heterocycles. The first kappa shape index (κ1) is 41.1. The Bertz CT molecular complexity index is 2500. The van der Waals surface area contributed by atoms with Crippen LogP contribution < -0.4 is 10.3 Å². The van der Waals surface area contributed by atoms with Gasteiger partial charge in [-0.3, -0.25) is 10.1 Å². The van der Waals surface area contributed by atoms with Crippen molar-refractivity contribution < 1.29 is 22.9 Å². The van der Waals surface area contributed by atoms with Gasteiger partial charge in [-0.05, 0) is 166 Å². The molecule has 55 heavy (non-hydrogen) atoms. The number of nitrogens with one attached hydrogen (secondary N) is 2. The first-order valence-corrected chi connectivity index (χ1v) is 20.1. The first-order chi connectivity index (χ1) is 25.6. The zero-order valence-corrected chi connectivity index (χ0v) is 35.1. The van der Waals surface area contributed by atoms with Gasteiger partial charge in [-0.25, -0.2) is 13.4 Å². The molecule has 9 heteroatoms. The molecule has 0 radical (unpaired) electrons. The predicted molar refractivity (Wildman–Crippen MR) is 224 cm³/mol.